The lowest BCUT2D eigenvalue weighted by atomic mass is 9.76. The van der Waals surface area contributed by atoms with Gasteiger partial charge in [-0.05, 0) is 43.6 Å². The maximum Gasteiger partial charge on any atom is 0.0249 e. The molecule has 2 N–H and O–H groups in total. The van der Waals surface area contributed by atoms with E-state index in [4.69, 9.17) is 5.73 Å². The molecule has 3 unspecified atom stereocenters. The molecule has 3 atom stereocenters. The van der Waals surface area contributed by atoms with E-state index in [-0.39, 0.29) is 0 Å². The maximum atomic E-state index is 6.43. The molecule has 0 radical (unpaired) electrons. The predicted octanol–water partition coefficient (Wildman–Crippen LogP) is 3.90. The van der Waals surface area contributed by atoms with Crippen LogP contribution in [0.3, 0.4) is 0 Å². The standard InChI is InChI=1S/C17H36N2/c1-6-14(7-2)12-19(8-3)17-11-15(13(4)5)9-10-16(17)18/h13-17H,6-12,18H2,1-5H3. The van der Waals surface area contributed by atoms with E-state index in [0.717, 1.165) is 24.3 Å². The van der Waals surface area contributed by atoms with Gasteiger partial charge in [-0.15, -0.1) is 0 Å². The highest BCUT2D eigenvalue weighted by atomic mass is 15.2. The highest BCUT2D eigenvalue weighted by Gasteiger charge is 2.33. The molecule has 0 heterocycles. The summed E-state index contributed by atoms with van der Waals surface area (Å²) in [6.45, 7) is 14.1. The third-order valence-electron chi connectivity index (χ3n) is 5.37. The molecule has 0 aromatic rings. The molecule has 1 aliphatic rings. The lowest BCUT2D eigenvalue weighted by Gasteiger charge is -2.43. The minimum atomic E-state index is 0.393. The molecule has 2 heteroatoms. The van der Waals surface area contributed by atoms with E-state index in [1.165, 1.54) is 38.6 Å². The summed E-state index contributed by atoms with van der Waals surface area (Å²) in [4.78, 5) is 2.68. The van der Waals surface area contributed by atoms with Gasteiger partial charge in [0.05, 0.1) is 0 Å². The van der Waals surface area contributed by atoms with Crippen molar-refractivity contribution in [2.24, 2.45) is 23.5 Å². The third kappa shape index (κ3) is 4.75. The Bertz CT molecular complexity index is 235. The van der Waals surface area contributed by atoms with Gasteiger partial charge < -0.3 is 5.73 Å². The summed E-state index contributed by atoms with van der Waals surface area (Å²) in [6, 6.07) is 1.01. The van der Waals surface area contributed by atoms with Gasteiger partial charge in [0.25, 0.3) is 0 Å². The second kappa shape index (κ2) is 8.26. The van der Waals surface area contributed by atoms with Crippen LogP contribution >= 0.6 is 0 Å². The minimum absolute atomic E-state index is 0.393. The van der Waals surface area contributed by atoms with Crippen molar-refractivity contribution >= 4 is 0 Å². The van der Waals surface area contributed by atoms with E-state index < -0.39 is 0 Å². The molecule has 19 heavy (non-hydrogen) atoms. The van der Waals surface area contributed by atoms with Gasteiger partial charge in [0.1, 0.15) is 0 Å². The molecule has 0 aromatic heterocycles. The minimum Gasteiger partial charge on any atom is -0.326 e. The molecule has 0 amide bonds. The Kier molecular flexibility index (Phi) is 7.38. The van der Waals surface area contributed by atoms with Crippen LogP contribution in [0.25, 0.3) is 0 Å². The van der Waals surface area contributed by atoms with Crippen LogP contribution in [0.15, 0.2) is 0 Å². The van der Waals surface area contributed by atoms with E-state index >= 15 is 0 Å². The van der Waals surface area contributed by atoms with Crippen molar-refractivity contribution in [1.29, 1.82) is 0 Å². The molecule has 0 saturated heterocycles. The molecule has 2 nitrogen and oxygen atoms in total. The molecule has 1 fully saturated rings. The number of likely N-dealkylation sites (N-methyl/N-ethyl adjacent to an activating group) is 1. The van der Waals surface area contributed by atoms with Crippen molar-refractivity contribution in [2.45, 2.75) is 78.8 Å². The summed E-state index contributed by atoms with van der Waals surface area (Å²) in [6.07, 6.45) is 6.45. The van der Waals surface area contributed by atoms with Crippen LogP contribution in [0.5, 0.6) is 0 Å². The zero-order valence-electron chi connectivity index (χ0n) is 13.9. The average molecular weight is 268 g/mol. The molecule has 114 valence electrons. The monoisotopic (exact) mass is 268 g/mol. The summed E-state index contributed by atoms with van der Waals surface area (Å²) < 4.78 is 0. The second-order valence-electron chi connectivity index (χ2n) is 6.82. The van der Waals surface area contributed by atoms with E-state index in [2.05, 4.69) is 39.5 Å². The van der Waals surface area contributed by atoms with E-state index in [1.54, 1.807) is 0 Å². The van der Waals surface area contributed by atoms with Gasteiger partial charge >= 0.3 is 0 Å². The molecule has 1 rings (SSSR count). The average Bonchev–Trinajstić information content (AvgIpc) is 2.41. The molecule has 0 aromatic carbocycles. The fraction of sp³-hybridized carbons (Fsp3) is 1.00. The topological polar surface area (TPSA) is 29.3 Å². The molecule has 0 spiro atoms. The van der Waals surface area contributed by atoms with Gasteiger partial charge in [-0.1, -0.05) is 47.5 Å². The first-order chi connectivity index (χ1) is 9.03. The van der Waals surface area contributed by atoms with E-state index in [0.29, 0.717) is 12.1 Å². The van der Waals surface area contributed by atoms with Crippen molar-refractivity contribution in [3.8, 4) is 0 Å². The summed E-state index contributed by atoms with van der Waals surface area (Å²) in [5.41, 5.74) is 6.43. The zero-order valence-corrected chi connectivity index (χ0v) is 13.9. The van der Waals surface area contributed by atoms with Gasteiger partial charge in [0, 0.05) is 18.6 Å². The molecule has 1 aliphatic carbocycles. The quantitative estimate of drug-likeness (QED) is 0.759. The van der Waals surface area contributed by atoms with Crippen LogP contribution in [0.1, 0.15) is 66.7 Å². The first-order valence-electron chi connectivity index (χ1n) is 8.52. The molecular weight excluding hydrogens is 232 g/mol. The van der Waals surface area contributed by atoms with Crippen LogP contribution in [-0.2, 0) is 0 Å². The lowest BCUT2D eigenvalue weighted by molar-refractivity contribution is 0.0855. The molecule has 0 bridgehead atoms. The molecular formula is C17H36N2. The third-order valence-corrected chi connectivity index (χ3v) is 5.37. The highest BCUT2D eigenvalue weighted by Crippen LogP contribution is 2.32. The van der Waals surface area contributed by atoms with Crippen molar-refractivity contribution in [3.63, 3.8) is 0 Å². The van der Waals surface area contributed by atoms with Crippen molar-refractivity contribution in [1.82, 2.24) is 4.90 Å². The SMILES string of the molecule is CCC(CC)CN(CC)C1CC(C(C)C)CCC1N. The fourth-order valence-corrected chi connectivity index (χ4v) is 3.60. The van der Waals surface area contributed by atoms with Gasteiger partial charge in [-0.3, -0.25) is 4.90 Å². The Balaban J connectivity index is 2.65. The van der Waals surface area contributed by atoms with Crippen LogP contribution < -0.4 is 5.73 Å². The Morgan fingerprint density at radius 1 is 1.11 bits per heavy atom. The zero-order chi connectivity index (χ0) is 14.4. The molecule has 0 aliphatic heterocycles. The van der Waals surface area contributed by atoms with Gasteiger partial charge in [0.2, 0.25) is 0 Å². The van der Waals surface area contributed by atoms with Crippen LogP contribution in [0, 0.1) is 17.8 Å². The second-order valence-corrected chi connectivity index (χ2v) is 6.82. The van der Waals surface area contributed by atoms with Crippen LogP contribution in [0.2, 0.25) is 0 Å². The Morgan fingerprint density at radius 3 is 2.21 bits per heavy atom. The van der Waals surface area contributed by atoms with E-state index in [1.807, 2.05) is 0 Å². The number of hydrogen-bond acceptors (Lipinski definition) is 2. The number of rotatable bonds is 7. The normalized spacial score (nSPS) is 28.6. The van der Waals surface area contributed by atoms with Crippen molar-refractivity contribution in [2.75, 3.05) is 13.1 Å². The first-order valence-corrected chi connectivity index (χ1v) is 8.52. The predicted molar refractivity (Wildman–Crippen MR) is 85.3 cm³/mol. The summed E-state index contributed by atoms with van der Waals surface area (Å²) >= 11 is 0. The highest BCUT2D eigenvalue weighted by molar-refractivity contribution is 4.90. The maximum absolute atomic E-state index is 6.43. The Labute approximate surface area is 121 Å². The fourth-order valence-electron chi connectivity index (χ4n) is 3.60. The van der Waals surface area contributed by atoms with Crippen LogP contribution in [0.4, 0.5) is 0 Å². The summed E-state index contributed by atoms with van der Waals surface area (Å²) in [5.74, 6) is 2.52. The number of nitrogens with two attached hydrogens (primary N) is 1. The van der Waals surface area contributed by atoms with E-state index in [9.17, 15) is 0 Å². The van der Waals surface area contributed by atoms with Gasteiger partial charge in [-0.2, -0.15) is 0 Å². The lowest BCUT2D eigenvalue weighted by Crippen LogP contribution is -2.52. The summed E-state index contributed by atoms with van der Waals surface area (Å²) in [5, 5.41) is 0. The smallest absolute Gasteiger partial charge is 0.0249 e. The molecule has 1 saturated carbocycles. The van der Waals surface area contributed by atoms with Crippen molar-refractivity contribution < 1.29 is 0 Å². The van der Waals surface area contributed by atoms with Crippen molar-refractivity contribution in [3.05, 3.63) is 0 Å². The Hall–Kier alpha value is -0.0800. The number of nitrogens with zero attached hydrogens (tertiary/aromatic N) is 1. The van der Waals surface area contributed by atoms with Gasteiger partial charge in [0.15, 0.2) is 0 Å². The first kappa shape index (κ1) is 17.0. The summed E-state index contributed by atoms with van der Waals surface area (Å²) in [7, 11) is 0. The van der Waals surface area contributed by atoms with Gasteiger partial charge in [-0.25, -0.2) is 0 Å². The number of hydrogen-bond donors (Lipinski definition) is 1. The Morgan fingerprint density at radius 2 is 1.74 bits per heavy atom. The largest absolute Gasteiger partial charge is 0.326 e. The van der Waals surface area contributed by atoms with Crippen LogP contribution in [-0.4, -0.2) is 30.1 Å².